The minimum atomic E-state index is -0.749. The Kier molecular flexibility index (Phi) is 5.79. The second-order valence-electron chi connectivity index (χ2n) is 3.90. The monoisotopic (exact) mass is 318 g/mol. The van der Waals surface area contributed by atoms with Gasteiger partial charge in [-0.15, -0.1) is 4.99 Å². The number of nitrogens with zero attached hydrogens (tertiary/aromatic N) is 2. The molecule has 1 amide bonds. The van der Waals surface area contributed by atoms with Crippen molar-refractivity contribution in [3.8, 4) is 11.5 Å². The molecular weight excluding hydrogens is 304 g/mol. The highest BCUT2D eigenvalue weighted by atomic mass is 32.2. The predicted octanol–water partition coefficient (Wildman–Crippen LogP) is 3.38. The number of rotatable bonds is 3. The van der Waals surface area contributed by atoms with Gasteiger partial charge < -0.3 is 14.2 Å². The Morgan fingerprint density at radius 1 is 1.14 bits per heavy atom. The van der Waals surface area contributed by atoms with Gasteiger partial charge >= 0.3 is 6.09 Å². The SMILES string of the molecule is COC(=O)/N=C(/Oc1cccc(OC)c1)Sc1ccccn1. The van der Waals surface area contributed by atoms with Crippen molar-refractivity contribution in [3.05, 3.63) is 48.7 Å². The summed E-state index contributed by atoms with van der Waals surface area (Å²) in [5.41, 5.74) is 0. The number of thioether (sulfide) groups is 1. The van der Waals surface area contributed by atoms with E-state index in [9.17, 15) is 4.79 Å². The van der Waals surface area contributed by atoms with Crippen molar-refractivity contribution in [3.63, 3.8) is 0 Å². The quantitative estimate of drug-likeness (QED) is 0.491. The minimum absolute atomic E-state index is 0.110. The van der Waals surface area contributed by atoms with E-state index >= 15 is 0 Å². The molecule has 0 spiro atoms. The molecule has 0 radical (unpaired) electrons. The van der Waals surface area contributed by atoms with Gasteiger partial charge in [-0.2, -0.15) is 0 Å². The van der Waals surface area contributed by atoms with Crippen LogP contribution in [0.4, 0.5) is 4.79 Å². The molecule has 114 valence electrons. The molecule has 2 aromatic rings. The van der Waals surface area contributed by atoms with Crippen LogP contribution < -0.4 is 9.47 Å². The number of pyridine rings is 1. The van der Waals surface area contributed by atoms with Crippen LogP contribution in [-0.2, 0) is 4.74 Å². The summed E-state index contributed by atoms with van der Waals surface area (Å²) in [6.45, 7) is 0. The van der Waals surface area contributed by atoms with E-state index in [2.05, 4.69) is 14.7 Å². The van der Waals surface area contributed by atoms with E-state index in [0.29, 0.717) is 16.5 Å². The van der Waals surface area contributed by atoms with Crippen LogP contribution in [0.15, 0.2) is 58.7 Å². The van der Waals surface area contributed by atoms with Gasteiger partial charge in [-0.3, -0.25) is 0 Å². The van der Waals surface area contributed by atoms with E-state index in [-0.39, 0.29) is 5.23 Å². The van der Waals surface area contributed by atoms with Gasteiger partial charge in [-0.1, -0.05) is 12.1 Å². The van der Waals surface area contributed by atoms with Crippen LogP contribution in [0.5, 0.6) is 11.5 Å². The molecule has 0 unspecified atom stereocenters. The molecular formula is C15H14N2O4S. The molecule has 0 saturated heterocycles. The van der Waals surface area contributed by atoms with Crippen molar-refractivity contribution < 1.29 is 19.0 Å². The number of carbonyl (C=O) groups is 1. The van der Waals surface area contributed by atoms with Crippen molar-refractivity contribution in [2.24, 2.45) is 4.99 Å². The van der Waals surface area contributed by atoms with E-state index < -0.39 is 6.09 Å². The van der Waals surface area contributed by atoms with Crippen molar-refractivity contribution >= 4 is 23.1 Å². The fraction of sp³-hybridized carbons (Fsp3) is 0.133. The van der Waals surface area contributed by atoms with Crippen molar-refractivity contribution in [1.82, 2.24) is 4.98 Å². The molecule has 0 atom stereocenters. The molecule has 1 heterocycles. The Balaban J connectivity index is 2.20. The molecule has 6 nitrogen and oxygen atoms in total. The zero-order valence-corrected chi connectivity index (χ0v) is 12.9. The van der Waals surface area contributed by atoms with Crippen LogP contribution in [0.3, 0.4) is 0 Å². The topological polar surface area (TPSA) is 70.0 Å². The van der Waals surface area contributed by atoms with Gasteiger partial charge in [0.15, 0.2) is 0 Å². The maximum Gasteiger partial charge on any atom is 0.437 e. The van der Waals surface area contributed by atoms with Crippen LogP contribution in [0.1, 0.15) is 0 Å². The van der Waals surface area contributed by atoms with E-state index in [1.54, 1.807) is 49.7 Å². The molecule has 1 aromatic carbocycles. The highest BCUT2D eigenvalue weighted by Gasteiger charge is 2.11. The maximum absolute atomic E-state index is 11.4. The molecule has 0 aliphatic rings. The van der Waals surface area contributed by atoms with Crippen LogP contribution >= 0.6 is 11.8 Å². The van der Waals surface area contributed by atoms with Gasteiger partial charge in [0.05, 0.1) is 14.2 Å². The minimum Gasteiger partial charge on any atom is -0.497 e. The van der Waals surface area contributed by atoms with Gasteiger partial charge in [0.2, 0.25) is 0 Å². The number of carbonyl (C=O) groups excluding carboxylic acids is 1. The van der Waals surface area contributed by atoms with E-state index in [4.69, 9.17) is 9.47 Å². The number of benzene rings is 1. The molecule has 0 aliphatic carbocycles. The normalized spacial score (nSPS) is 10.9. The van der Waals surface area contributed by atoms with Crippen molar-refractivity contribution in [2.45, 2.75) is 5.03 Å². The Morgan fingerprint density at radius 3 is 2.64 bits per heavy atom. The lowest BCUT2D eigenvalue weighted by molar-refractivity contribution is 0.182. The first-order valence-electron chi connectivity index (χ1n) is 6.28. The molecule has 22 heavy (non-hydrogen) atoms. The Hall–Kier alpha value is -2.54. The Morgan fingerprint density at radius 2 is 1.95 bits per heavy atom. The van der Waals surface area contributed by atoms with Crippen LogP contribution in [-0.4, -0.2) is 30.5 Å². The Bertz CT molecular complexity index is 662. The molecule has 0 fully saturated rings. The molecule has 0 bridgehead atoms. The summed E-state index contributed by atoms with van der Waals surface area (Å²) in [5, 5.41) is 0.756. The summed E-state index contributed by atoms with van der Waals surface area (Å²) in [6.07, 6.45) is 0.894. The highest BCUT2D eigenvalue weighted by Crippen LogP contribution is 2.23. The largest absolute Gasteiger partial charge is 0.497 e. The van der Waals surface area contributed by atoms with Gasteiger partial charge in [-0.25, -0.2) is 9.78 Å². The third-order valence-electron chi connectivity index (χ3n) is 2.43. The fourth-order valence-electron chi connectivity index (χ4n) is 1.45. The summed E-state index contributed by atoms with van der Waals surface area (Å²) in [7, 11) is 2.81. The van der Waals surface area contributed by atoms with E-state index in [1.165, 1.54) is 7.11 Å². The lowest BCUT2D eigenvalue weighted by Crippen LogP contribution is -2.08. The number of amides is 1. The maximum atomic E-state index is 11.4. The smallest absolute Gasteiger partial charge is 0.437 e. The van der Waals surface area contributed by atoms with Gasteiger partial charge in [-0.05, 0) is 36.0 Å². The highest BCUT2D eigenvalue weighted by molar-refractivity contribution is 8.13. The van der Waals surface area contributed by atoms with Crippen molar-refractivity contribution in [2.75, 3.05) is 14.2 Å². The predicted molar refractivity (Wildman–Crippen MR) is 83.6 cm³/mol. The first-order chi connectivity index (χ1) is 10.7. The molecule has 0 saturated carbocycles. The third-order valence-corrected chi connectivity index (χ3v) is 3.23. The van der Waals surface area contributed by atoms with Gasteiger partial charge in [0, 0.05) is 12.3 Å². The number of aliphatic imine (C=N–C) groups is 1. The zero-order chi connectivity index (χ0) is 15.8. The van der Waals surface area contributed by atoms with Crippen LogP contribution in [0, 0.1) is 0 Å². The average Bonchev–Trinajstić information content (AvgIpc) is 2.55. The molecule has 0 N–H and O–H groups in total. The molecule has 2 rings (SSSR count). The van der Waals surface area contributed by atoms with Gasteiger partial charge in [0.1, 0.15) is 16.5 Å². The molecule has 1 aromatic heterocycles. The lowest BCUT2D eigenvalue weighted by Gasteiger charge is -2.08. The fourth-order valence-corrected chi connectivity index (χ4v) is 2.15. The molecule has 7 heteroatoms. The third kappa shape index (κ3) is 4.78. The zero-order valence-electron chi connectivity index (χ0n) is 12.1. The number of ether oxygens (including phenoxy) is 3. The first-order valence-corrected chi connectivity index (χ1v) is 7.10. The number of hydrogen-bond acceptors (Lipinski definition) is 6. The summed E-state index contributed by atoms with van der Waals surface area (Å²) < 4.78 is 15.3. The summed E-state index contributed by atoms with van der Waals surface area (Å²) in [6, 6.07) is 12.4. The standard InChI is InChI=1S/C15H14N2O4S/c1-19-11-6-5-7-12(10-11)21-15(17-14(18)20-2)22-13-8-3-4-9-16-13/h3-10H,1-2H3/b17-15-. The number of aromatic nitrogens is 1. The summed E-state index contributed by atoms with van der Waals surface area (Å²) in [5.74, 6) is 1.13. The summed E-state index contributed by atoms with van der Waals surface area (Å²) >= 11 is 1.12. The second kappa shape index (κ2) is 8.04. The first kappa shape index (κ1) is 15.8. The summed E-state index contributed by atoms with van der Waals surface area (Å²) in [4.78, 5) is 19.3. The van der Waals surface area contributed by atoms with E-state index in [0.717, 1.165) is 11.8 Å². The second-order valence-corrected chi connectivity index (χ2v) is 4.87. The van der Waals surface area contributed by atoms with Crippen molar-refractivity contribution in [1.29, 1.82) is 0 Å². The van der Waals surface area contributed by atoms with Gasteiger partial charge in [0.25, 0.3) is 5.23 Å². The van der Waals surface area contributed by atoms with Crippen LogP contribution in [0.25, 0.3) is 0 Å². The molecule has 0 aliphatic heterocycles. The average molecular weight is 318 g/mol. The number of hydrogen-bond donors (Lipinski definition) is 0. The lowest BCUT2D eigenvalue weighted by atomic mass is 10.3. The van der Waals surface area contributed by atoms with E-state index in [1.807, 2.05) is 6.07 Å². The van der Waals surface area contributed by atoms with Crippen LogP contribution in [0.2, 0.25) is 0 Å². The number of methoxy groups -OCH3 is 2. The Labute approximate surface area is 132 Å².